The summed E-state index contributed by atoms with van der Waals surface area (Å²) in [6, 6.07) is 7.69. The Hall–Kier alpha value is -1.77. The number of aromatic amines is 1. The number of aromatic nitrogens is 1. The lowest BCUT2D eigenvalue weighted by molar-refractivity contribution is 0.0963. The van der Waals surface area contributed by atoms with E-state index >= 15 is 0 Å². The Morgan fingerprint density at radius 2 is 2.19 bits per heavy atom. The number of carbonyl (C=O) groups excluding carboxylic acids is 1. The van der Waals surface area contributed by atoms with Gasteiger partial charge < -0.3 is 9.72 Å². The summed E-state index contributed by atoms with van der Waals surface area (Å²) in [7, 11) is 1.64. The third-order valence-electron chi connectivity index (χ3n) is 3.04. The average Bonchev–Trinajstić information content (AvgIpc) is 3.06. The van der Waals surface area contributed by atoms with Crippen LogP contribution in [0.15, 0.2) is 24.3 Å². The highest BCUT2D eigenvalue weighted by Gasteiger charge is 2.31. The molecule has 1 aliphatic carbocycles. The van der Waals surface area contributed by atoms with Crippen molar-refractivity contribution in [2.75, 3.05) is 7.11 Å². The van der Waals surface area contributed by atoms with Gasteiger partial charge in [0.1, 0.15) is 5.75 Å². The van der Waals surface area contributed by atoms with Gasteiger partial charge in [-0.3, -0.25) is 4.79 Å². The highest BCUT2D eigenvalue weighted by molar-refractivity contribution is 6.02. The molecule has 82 valence electrons. The maximum absolute atomic E-state index is 11.9. The van der Waals surface area contributed by atoms with Crippen LogP contribution in [0.4, 0.5) is 0 Å². The fraction of sp³-hybridized carbons (Fsp3) is 0.308. The van der Waals surface area contributed by atoms with Crippen LogP contribution in [0.5, 0.6) is 5.75 Å². The largest absolute Gasteiger partial charge is 0.497 e. The van der Waals surface area contributed by atoms with Crippen LogP contribution < -0.4 is 4.74 Å². The van der Waals surface area contributed by atoms with Crippen molar-refractivity contribution in [3.63, 3.8) is 0 Å². The van der Waals surface area contributed by atoms with Crippen LogP contribution in [0.25, 0.3) is 10.9 Å². The second-order valence-corrected chi connectivity index (χ2v) is 4.27. The number of rotatable bonds is 3. The summed E-state index contributed by atoms with van der Waals surface area (Å²) in [6.45, 7) is 0. The van der Waals surface area contributed by atoms with Crippen molar-refractivity contribution < 1.29 is 9.53 Å². The fourth-order valence-corrected chi connectivity index (χ4v) is 1.94. The standard InChI is InChI=1S/C13H13NO2/c1-16-10-4-5-11-9(6-10)7-12(14-11)13(15)8-2-3-8/h4-8,14H,2-3H2,1H3. The Bertz CT molecular complexity index is 552. The first kappa shape index (κ1) is 9.46. The first-order valence-corrected chi connectivity index (χ1v) is 5.49. The lowest BCUT2D eigenvalue weighted by Crippen LogP contribution is -2.00. The van der Waals surface area contributed by atoms with Crippen molar-refractivity contribution in [1.82, 2.24) is 4.98 Å². The molecular weight excluding hydrogens is 202 g/mol. The van der Waals surface area contributed by atoms with Crippen molar-refractivity contribution in [2.45, 2.75) is 12.8 Å². The summed E-state index contributed by atoms with van der Waals surface area (Å²) in [5, 5.41) is 1.03. The zero-order valence-corrected chi connectivity index (χ0v) is 9.12. The van der Waals surface area contributed by atoms with Gasteiger partial charge in [0, 0.05) is 16.8 Å². The topological polar surface area (TPSA) is 42.1 Å². The molecule has 16 heavy (non-hydrogen) atoms. The zero-order valence-electron chi connectivity index (χ0n) is 9.12. The number of Topliss-reactive ketones (excluding diaryl/α,β-unsaturated/α-hetero) is 1. The lowest BCUT2D eigenvalue weighted by Gasteiger charge is -1.97. The van der Waals surface area contributed by atoms with Gasteiger partial charge in [-0.25, -0.2) is 0 Å². The van der Waals surface area contributed by atoms with E-state index in [9.17, 15) is 4.79 Å². The maximum Gasteiger partial charge on any atom is 0.182 e. The Morgan fingerprint density at radius 3 is 2.88 bits per heavy atom. The molecule has 1 aromatic carbocycles. The zero-order chi connectivity index (χ0) is 11.1. The van der Waals surface area contributed by atoms with Crippen molar-refractivity contribution in [1.29, 1.82) is 0 Å². The minimum absolute atomic E-state index is 0.246. The minimum atomic E-state index is 0.246. The van der Waals surface area contributed by atoms with E-state index in [1.54, 1.807) is 7.11 Å². The van der Waals surface area contributed by atoms with E-state index in [1.165, 1.54) is 0 Å². The van der Waals surface area contributed by atoms with Crippen molar-refractivity contribution in [2.24, 2.45) is 5.92 Å². The summed E-state index contributed by atoms with van der Waals surface area (Å²) in [5.74, 6) is 1.32. The summed E-state index contributed by atoms with van der Waals surface area (Å²) >= 11 is 0. The minimum Gasteiger partial charge on any atom is -0.497 e. The maximum atomic E-state index is 11.9. The van der Waals surface area contributed by atoms with E-state index in [-0.39, 0.29) is 11.7 Å². The molecule has 0 unspecified atom stereocenters. The van der Waals surface area contributed by atoms with Gasteiger partial charge >= 0.3 is 0 Å². The molecular formula is C13H13NO2. The second kappa shape index (κ2) is 3.37. The molecule has 1 N–H and O–H groups in total. The van der Waals surface area contributed by atoms with Crippen LogP contribution in [-0.2, 0) is 0 Å². The predicted molar refractivity (Wildman–Crippen MR) is 61.9 cm³/mol. The molecule has 1 aromatic heterocycles. The summed E-state index contributed by atoms with van der Waals surface area (Å²) in [5.41, 5.74) is 1.72. The summed E-state index contributed by atoms with van der Waals surface area (Å²) in [4.78, 5) is 15.0. The molecule has 0 saturated heterocycles. The molecule has 1 saturated carbocycles. The number of H-pyrrole nitrogens is 1. The van der Waals surface area contributed by atoms with Crippen molar-refractivity contribution in [3.8, 4) is 5.75 Å². The third kappa shape index (κ3) is 1.48. The molecule has 0 spiro atoms. The van der Waals surface area contributed by atoms with E-state index in [4.69, 9.17) is 4.74 Å². The summed E-state index contributed by atoms with van der Waals surface area (Å²) in [6.07, 6.45) is 2.08. The van der Waals surface area contributed by atoms with Crippen molar-refractivity contribution >= 4 is 16.7 Å². The number of carbonyl (C=O) groups is 1. The van der Waals surface area contributed by atoms with Crippen LogP contribution in [-0.4, -0.2) is 17.9 Å². The van der Waals surface area contributed by atoms with E-state index in [0.717, 1.165) is 35.2 Å². The predicted octanol–water partition coefficient (Wildman–Crippen LogP) is 2.77. The molecule has 3 rings (SSSR count). The first-order valence-electron chi connectivity index (χ1n) is 5.49. The van der Waals surface area contributed by atoms with Crippen LogP contribution in [0.2, 0.25) is 0 Å². The number of benzene rings is 1. The third-order valence-corrected chi connectivity index (χ3v) is 3.04. The van der Waals surface area contributed by atoms with E-state index in [1.807, 2.05) is 24.3 Å². The van der Waals surface area contributed by atoms with E-state index in [2.05, 4.69) is 4.98 Å². The first-order chi connectivity index (χ1) is 7.78. The number of hydrogen-bond acceptors (Lipinski definition) is 2. The highest BCUT2D eigenvalue weighted by Crippen LogP contribution is 2.33. The molecule has 1 aliphatic rings. The second-order valence-electron chi connectivity index (χ2n) is 4.27. The monoisotopic (exact) mass is 215 g/mol. The van der Waals surface area contributed by atoms with Crippen LogP contribution in [0.3, 0.4) is 0 Å². The molecule has 3 nitrogen and oxygen atoms in total. The van der Waals surface area contributed by atoms with Crippen molar-refractivity contribution in [3.05, 3.63) is 30.0 Å². The molecule has 0 atom stereocenters. The average molecular weight is 215 g/mol. The number of methoxy groups -OCH3 is 1. The summed E-state index contributed by atoms with van der Waals surface area (Å²) < 4.78 is 5.15. The number of ketones is 1. The Kier molecular flexibility index (Phi) is 1.99. The van der Waals surface area contributed by atoms with Gasteiger partial charge in [-0.15, -0.1) is 0 Å². The van der Waals surface area contributed by atoms with Gasteiger partial charge in [0.2, 0.25) is 0 Å². The Balaban J connectivity index is 2.04. The van der Waals surface area contributed by atoms with Gasteiger partial charge in [-0.05, 0) is 37.1 Å². The van der Waals surface area contributed by atoms with Gasteiger partial charge in [0.05, 0.1) is 12.8 Å². The van der Waals surface area contributed by atoms with Gasteiger partial charge in [-0.2, -0.15) is 0 Å². The smallest absolute Gasteiger partial charge is 0.182 e. The van der Waals surface area contributed by atoms with Crippen LogP contribution in [0.1, 0.15) is 23.3 Å². The van der Waals surface area contributed by atoms with Crippen LogP contribution in [0, 0.1) is 5.92 Å². The molecule has 2 aromatic rings. The van der Waals surface area contributed by atoms with E-state index in [0.29, 0.717) is 0 Å². The quantitative estimate of drug-likeness (QED) is 0.800. The van der Waals surface area contributed by atoms with Gasteiger partial charge in [0.25, 0.3) is 0 Å². The SMILES string of the molecule is COc1ccc2[nH]c(C(=O)C3CC3)cc2c1. The number of hydrogen-bond donors (Lipinski definition) is 1. The fourth-order valence-electron chi connectivity index (χ4n) is 1.94. The lowest BCUT2D eigenvalue weighted by atomic mass is 10.2. The molecule has 0 aliphatic heterocycles. The normalized spacial score (nSPS) is 15.3. The molecule has 0 radical (unpaired) electrons. The Labute approximate surface area is 93.4 Å². The Morgan fingerprint density at radius 1 is 1.38 bits per heavy atom. The molecule has 1 heterocycles. The molecule has 0 amide bonds. The van der Waals surface area contributed by atoms with E-state index < -0.39 is 0 Å². The van der Waals surface area contributed by atoms with Gasteiger partial charge in [0.15, 0.2) is 5.78 Å². The number of nitrogens with one attached hydrogen (secondary N) is 1. The molecule has 3 heteroatoms. The van der Waals surface area contributed by atoms with Gasteiger partial charge in [-0.1, -0.05) is 0 Å². The molecule has 0 bridgehead atoms. The highest BCUT2D eigenvalue weighted by atomic mass is 16.5. The number of fused-ring (bicyclic) bond motifs is 1. The molecule has 1 fully saturated rings. The van der Waals surface area contributed by atoms with Crippen LogP contribution >= 0.6 is 0 Å². The number of ether oxygens (including phenoxy) is 1.